The predicted molar refractivity (Wildman–Crippen MR) is 184 cm³/mol. The van der Waals surface area contributed by atoms with Crippen molar-refractivity contribution in [1.29, 1.82) is 0 Å². The minimum atomic E-state index is -0.953. The van der Waals surface area contributed by atoms with Crippen LogP contribution in [0.1, 0.15) is 22.3 Å². The SMILES string of the molecule is C=Cc1c(C=C)c(C=C)c(P(c2ccccc2)c2ccccc2)c(P(c2ccccc2)c2ccccc2)c1C=C. The molecule has 0 aliphatic heterocycles. The van der Waals surface area contributed by atoms with E-state index in [-0.39, 0.29) is 0 Å². The van der Waals surface area contributed by atoms with Gasteiger partial charge in [-0.3, -0.25) is 0 Å². The molecule has 0 N–H and O–H groups in total. The van der Waals surface area contributed by atoms with Gasteiger partial charge in [0.2, 0.25) is 0 Å². The quantitative estimate of drug-likeness (QED) is 0.156. The second-order valence-corrected chi connectivity index (χ2v) is 13.5. The molecule has 0 aliphatic carbocycles. The van der Waals surface area contributed by atoms with Crippen LogP contribution >= 0.6 is 15.8 Å². The summed E-state index contributed by atoms with van der Waals surface area (Å²) < 4.78 is 0. The van der Waals surface area contributed by atoms with Crippen LogP contribution in [0.25, 0.3) is 24.3 Å². The summed E-state index contributed by atoms with van der Waals surface area (Å²) in [5.41, 5.74) is 4.33. The third kappa shape index (κ3) is 5.22. The van der Waals surface area contributed by atoms with Crippen LogP contribution in [0.4, 0.5) is 0 Å². The molecule has 0 unspecified atom stereocenters. The molecule has 0 saturated carbocycles. The van der Waals surface area contributed by atoms with Crippen molar-refractivity contribution in [3.05, 3.63) is 170 Å². The van der Waals surface area contributed by atoms with E-state index < -0.39 is 15.8 Å². The zero-order chi connectivity index (χ0) is 27.9. The molecule has 0 nitrogen and oxygen atoms in total. The summed E-state index contributed by atoms with van der Waals surface area (Å²) in [7, 11) is -1.91. The first-order chi connectivity index (χ1) is 19.7. The molecule has 40 heavy (non-hydrogen) atoms. The first-order valence-electron chi connectivity index (χ1n) is 13.3. The molecular weight excluding hydrogens is 518 g/mol. The zero-order valence-electron chi connectivity index (χ0n) is 22.6. The fourth-order valence-electron chi connectivity index (χ4n) is 5.23. The van der Waals surface area contributed by atoms with E-state index in [1.807, 2.05) is 24.3 Å². The summed E-state index contributed by atoms with van der Waals surface area (Å²) in [6, 6.07) is 43.5. The van der Waals surface area contributed by atoms with Crippen molar-refractivity contribution in [2.45, 2.75) is 0 Å². The van der Waals surface area contributed by atoms with Gasteiger partial charge in [-0.15, -0.1) is 0 Å². The van der Waals surface area contributed by atoms with Crippen molar-refractivity contribution in [1.82, 2.24) is 0 Å². The Bertz CT molecular complexity index is 1430. The lowest BCUT2D eigenvalue weighted by Gasteiger charge is -2.32. The Balaban J connectivity index is 2.02. The molecule has 0 bridgehead atoms. The molecule has 5 aromatic rings. The minimum absolute atomic E-state index is 0.953. The Kier molecular flexibility index (Phi) is 8.83. The van der Waals surface area contributed by atoms with Crippen molar-refractivity contribution in [3.8, 4) is 0 Å². The van der Waals surface area contributed by atoms with Crippen LogP contribution in [0.3, 0.4) is 0 Å². The van der Waals surface area contributed by atoms with Crippen LogP contribution in [0, 0.1) is 0 Å². The van der Waals surface area contributed by atoms with E-state index in [0.29, 0.717) is 0 Å². The van der Waals surface area contributed by atoms with E-state index in [1.54, 1.807) is 0 Å². The van der Waals surface area contributed by atoms with Crippen molar-refractivity contribution < 1.29 is 0 Å². The molecule has 0 fully saturated rings. The maximum absolute atomic E-state index is 4.36. The van der Waals surface area contributed by atoms with Gasteiger partial charge < -0.3 is 0 Å². The van der Waals surface area contributed by atoms with Crippen molar-refractivity contribution in [2.24, 2.45) is 0 Å². The van der Waals surface area contributed by atoms with Gasteiger partial charge in [-0.2, -0.15) is 0 Å². The maximum Gasteiger partial charge on any atom is 0.00173 e. The Hall–Kier alpha value is -4.08. The van der Waals surface area contributed by atoms with E-state index in [4.69, 9.17) is 0 Å². The second-order valence-electron chi connectivity index (χ2n) is 9.18. The summed E-state index contributed by atoms with van der Waals surface area (Å²) in [5.74, 6) is 0. The van der Waals surface area contributed by atoms with Crippen LogP contribution in [0.2, 0.25) is 0 Å². The van der Waals surface area contributed by atoms with Gasteiger partial charge in [-0.25, -0.2) is 0 Å². The molecule has 0 radical (unpaired) electrons. The van der Waals surface area contributed by atoms with Gasteiger partial charge in [0.05, 0.1) is 0 Å². The van der Waals surface area contributed by atoms with Gasteiger partial charge in [0.25, 0.3) is 0 Å². The molecule has 0 aliphatic rings. The molecule has 5 aromatic carbocycles. The predicted octanol–water partition coefficient (Wildman–Crippen LogP) is 7.78. The Morgan fingerprint density at radius 3 is 0.750 bits per heavy atom. The summed E-state index contributed by atoms with van der Waals surface area (Å²) in [5, 5.41) is 7.77. The van der Waals surface area contributed by atoms with Crippen molar-refractivity contribution in [2.75, 3.05) is 0 Å². The van der Waals surface area contributed by atoms with E-state index >= 15 is 0 Å². The largest absolute Gasteiger partial charge is 0.0984 e. The highest BCUT2D eigenvalue weighted by atomic mass is 31.1. The molecular formula is C38H32P2. The maximum atomic E-state index is 4.36. The van der Waals surface area contributed by atoms with E-state index in [0.717, 1.165) is 22.3 Å². The third-order valence-electron chi connectivity index (χ3n) is 6.93. The Morgan fingerprint density at radius 1 is 0.325 bits per heavy atom. The van der Waals surface area contributed by atoms with E-state index in [9.17, 15) is 0 Å². The van der Waals surface area contributed by atoms with Crippen LogP contribution in [-0.2, 0) is 0 Å². The van der Waals surface area contributed by atoms with Gasteiger partial charge in [-0.1, -0.05) is 172 Å². The Morgan fingerprint density at radius 2 is 0.550 bits per heavy atom. The Labute approximate surface area is 241 Å². The second kappa shape index (κ2) is 12.8. The topological polar surface area (TPSA) is 0 Å². The normalized spacial score (nSPS) is 10.8. The third-order valence-corrected chi connectivity index (χ3v) is 12.2. The first-order valence-corrected chi connectivity index (χ1v) is 16.0. The number of benzene rings is 5. The van der Waals surface area contributed by atoms with E-state index in [2.05, 4.69) is 148 Å². The zero-order valence-corrected chi connectivity index (χ0v) is 24.4. The lowest BCUT2D eigenvalue weighted by Crippen LogP contribution is -2.39. The van der Waals surface area contributed by atoms with Crippen LogP contribution in [-0.4, -0.2) is 0 Å². The highest BCUT2D eigenvalue weighted by Gasteiger charge is 2.32. The molecule has 0 saturated heterocycles. The fourth-order valence-corrected chi connectivity index (χ4v) is 10.9. The molecule has 0 aromatic heterocycles. The number of rotatable bonds is 10. The summed E-state index contributed by atoms with van der Waals surface area (Å²) in [6.45, 7) is 17.2. The molecule has 0 atom stereocenters. The highest BCUT2D eigenvalue weighted by Crippen LogP contribution is 2.43. The monoisotopic (exact) mass is 550 g/mol. The summed E-state index contributed by atoms with van der Waals surface area (Å²) in [6.07, 6.45) is 7.93. The van der Waals surface area contributed by atoms with E-state index in [1.165, 1.54) is 31.8 Å². The van der Waals surface area contributed by atoms with Gasteiger partial charge in [-0.05, 0) is 59.3 Å². The lowest BCUT2D eigenvalue weighted by molar-refractivity contribution is 1.61. The highest BCUT2D eigenvalue weighted by molar-refractivity contribution is 7.85. The molecule has 5 rings (SSSR count). The average Bonchev–Trinajstić information content (AvgIpc) is 3.03. The van der Waals surface area contributed by atoms with Gasteiger partial charge >= 0.3 is 0 Å². The van der Waals surface area contributed by atoms with Crippen LogP contribution in [0.15, 0.2) is 148 Å². The molecule has 0 heterocycles. The van der Waals surface area contributed by atoms with Gasteiger partial charge in [0, 0.05) is 10.6 Å². The van der Waals surface area contributed by atoms with Gasteiger partial charge in [0.15, 0.2) is 0 Å². The summed E-state index contributed by atoms with van der Waals surface area (Å²) >= 11 is 0. The molecule has 194 valence electrons. The smallest absolute Gasteiger partial charge is 0.00173 e. The van der Waals surface area contributed by atoms with Crippen molar-refractivity contribution in [3.63, 3.8) is 0 Å². The lowest BCUT2D eigenvalue weighted by atomic mass is 9.95. The number of hydrogen-bond donors (Lipinski definition) is 0. The summed E-state index contributed by atoms with van der Waals surface area (Å²) in [4.78, 5) is 0. The first kappa shape index (κ1) is 27.5. The number of hydrogen-bond acceptors (Lipinski definition) is 0. The molecule has 0 amide bonds. The standard InChI is InChI=1S/C38H32P2/c1-5-33-34(6-2)36(8-4)38(40(31-25-17-11-18-26-31)32-27-19-12-20-28-32)37(35(33)7-3)39(29-21-13-9-14-22-29)30-23-15-10-16-24-30/h5-28H,1-4H2. The molecule has 0 spiro atoms. The fraction of sp³-hybridized carbons (Fsp3) is 0. The van der Waals surface area contributed by atoms with Crippen LogP contribution in [0.5, 0.6) is 0 Å². The average molecular weight is 551 g/mol. The minimum Gasteiger partial charge on any atom is -0.0984 e. The molecule has 2 heteroatoms. The van der Waals surface area contributed by atoms with Crippen molar-refractivity contribution >= 4 is 72.0 Å². The van der Waals surface area contributed by atoms with Gasteiger partial charge in [0.1, 0.15) is 0 Å². The van der Waals surface area contributed by atoms with Crippen LogP contribution < -0.4 is 31.8 Å².